The van der Waals surface area contributed by atoms with Gasteiger partial charge in [-0.2, -0.15) is 0 Å². The number of hydrogen-bond acceptors (Lipinski definition) is 4. The van der Waals surface area contributed by atoms with Crippen LogP contribution in [0.3, 0.4) is 0 Å². The molecule has 1 atom stereocenters. The molecule has 0 radical (unpaired) electrons. The minimum absolute atomic E-state index is 0.00922. The standard InChI is InChI=1S/C20H21N3O4S/c24-19-12-23(20(25)22-19)16-4-1-3-15(9-16)11-21-28(26)18-6-2-5-17(10-18)27-13-14-7-8-14/h1-6,9-10,14,21H,7-8,11-13H2,(H,22,24,25). The van der Waals surface area contributed by atoms with E-state index in [0.29, 0.717) is 29.7 Å². The second-order valence-electron chi connectivity index (χ2n) is 6.93. The maximum atomic E-state index is 12.6. The zero-order valence-corrected chi connectivity index (χ0v) is 16.0. The van der Waals surface area contributed by atoms with Crippen molar-refractivity contribution < 1.29 is 18.5 Å². The summed E-state index contributed by atoms with van der Waals surface area (Å²) in [4.78, 5) is 25.2. The molecule has 1 heterocycles. The Balaban J connectivity index is 1.37. The van der Waals surface area contributed by atoms with Crippen LogP contribution >= 0.6 is 0 Å². The Morgan fingerprint density at radius 3 is 2.71 bits per heavy atom. The first kappa shape index (κ1) is 18.6. The quantitative estimate of drug-likeness (QED) is 0.667. The number of urea groups is 1. The number of carbonyl (C=O) groups excluding carboxylic acids is 2. The summed E-state index contributed by atoms with van der Waals surface area (Å²) in [6.45, 7) is 1.08. The Kier molecular flexibility index (Phi) is 5.40. The van der Waals surface area contributed by atoms with Gasteiger partial charge in [0, 0.05) is 12.2 Å². The number of benzene rings is 2. The third kappa shape index (κ3) is 4.58. The Bertz CT molecular complexity index is 929. The van der Waals surface area contributed by atoms with Crippen molar-refractivity contribution in [3.8, 4) is 5.75 Å². The molecule has 0 spiro atoms. The van der Waals surface area contributed by atoms with E-state index in [1.54, 1.807) is 30.3 Å². The minimum Gasteiger partial charge on any atom is -0.493 e. The largest absolute Gasteiger partial charge is 0.493 e. The lowest BCUT2D eigenvalue weighted by Crippen LogP contribution is -2.28. The third-order valence-corrected chi connectivity index (χ3v) is 5.71. The molecule has 8 heteroatoms. The lowest BCUT2D eigenvalue weighted by atomic mass is 10.2. The molecule has 28 heavy (non-hydrogen) atoms. The van der Waals surface area contributed by atoms with Gasteiger partial charge in [-0.25, -0.2) is 13.7 Å². The minimum atomic E-state index is -1.39. The number of ether oxygens (including phenoxy) is 1. The smallest absolute Gasteiger partial charge is 0.329 e. The van der Waals surface area contributed by atoms with Gasteiger partial charge in [0.2, 0.25) is 5.91 Å². The Labute approximate surface area is 165 Å². The first-order chi connectivity index (χ1) is 13.6. The predicted molar refractivity (Wildman–Crippen MR) is 105 cm³/mol. The van der Waals surface area contributed by atoms with E-state index in [1.807, 2.05) is 18.2 Å². The molecule has 1 aliphatic carbocycles. The number of rotatable bonds is 8. The van der Waals surface area contributed by atoms with E-state index >= 15 is 0 Å². The first-order valence-corrected chi connectivity index (χ1v) is 10.3. The van der Waals surface area contributed by atoms with Gasteiger partial charge in [-0.1, -0.05) is 18.2 Å². The molecular formula is C20H21N3O4S. The van der Waals surface area contributed by atoms with Crippen LogP contribution < -0.4 is 19.7 Å². The molecule has 1 aliphatic heterocycles. The van der Waals surface area contributed by atoms with Crippen LogP contribution in [0.5, 0.6) is 5.75 Å². The topological polar surface area (TPSA) is 87.7 Å². The summed E-state index contributed by atoms with van der Waals surface area (Å²) in [6.07, 6.45) is 2.44. The molecule has 146 valence electrons. The monoisotopic (exact) mass is 399 g/mol. The van der Waals surface area contributed by atoms with Gasteiger partial charge in [0.1, 0.15) is 23.3 Å². The van der Waals surface area contributed by atoms with Gasteiger partial charge in [0.25, 0.3) is 0 Å². The summed E-state index contributed by atoms with van der Waals surface area (Å²) in [5, 5.41) is 2.25. The molecular weight excluding hydrogens is 378 g/mol. The number of nitrogens with zero attached hydrogens (tertiary/aromatic N) is 1. The average Bonchev–Trinajstić information content (AvgIpc) is 3.47. The van der Waals surface area contributed by atoms with E-state index in [0.717, 1.165) is 11.3 Å². The van der Waals surface area contributed by atoms with Crippen molar-refractivity contribution in [3.63, 3.8) is 0 Å². The van der Waals surface area contributed by atoms with Crippen LogP contribution in [-0.2, 0) is 22.3 Å². The lowest BCUT2D eigenvalue weighted by molar-refractivity contribution is -0.117. The normalized spacial score (nSPS) is 17.5. The van der Waals surface area contributed by atoms with Gasteiger partial charge in [0.15, 0.2) is 0 Å². The van der Waals surface area contributed by atoms with Crippen LogP contribution in [0.25, 0.3) is 0 Å². The molecule has 2 aromatic rings. The molecule has 2 aromatic carbocycles. The Morgan fingerprint density at radius 1 is 1.14 bits per heavy atom. The van der Waals surface area contributed by atoms with Crippen LogP contribution in [0.2, 0.25) is 0 Å². The zero-order chi connectivity index (χ0) is 19.5. The molecule has 0 aromatic heterocycles. The van der Waals surface area contributed by atoms with Gasteiger partial charge >= 0.3 is 6.03 Å². The van der Waals surface area contributed by atoms with Crippen LogP contribution in [0.4, 0.5) is 10.5 Å². The Hall–Kier alpha value is -2.71. The molecule has 2 N–H and O–H groups in total. The first-order valence-electron chi connectivity index (χ1n) is 9.17. The predicted octanol–water partition coefficient (Wildman–Crippen LogP) is 2.34. The van der Waals surface area contributed by atoms with Gasteiger partial charge in [-0.05, 0) is 54.7 Å². The van der Waals surface area contributed by atoms with Crippen LogP contribution in [0, 0.1) is 5.92 Å². The van der Waals surface area contributed by atoms with Crippen molar-refractivity contribution in [1.82, 2.24) is 10.0 Å². The second-order valence-corrected chi connectivity index (χ2v) is 8.23. The molecule has 1 unspecified atom stereocenters. The van der Waals surface area contributed by atoms with Gasteiger partial charge in [0.05, 0.1) is 11.5 Å². The number of nitrogens with one attached hydrogen (secondary N) is 2. The maximum absolute atomic E-state index is 12.6. The number of imide groups is 1. The average molecular weight is 399 g/mol. The fourth-order valence-corrected chi connectivity index (χ4v) is 3.78. The van der Waals surface area contributed by atoms with E-state index in [-0.39, 0.29) is 12.5 Å². The van der Waals surface area contributed by atoms with Crippen molar-refractivity contribution in [2.45, 2.75) is 24.3 Å². The molecule has 2 aliphatic rings. The molecule has 0 bridgehead atoms. The lowest BCUT2D eigenvalue weighted by Gasteiger charge is -2.14. The summed E-state index contributed by atoms with van der Waals surface area (Å²) in [5.74, 6) is 1.07. The van der Waals surface area contributed by atoms with Crippen molar-refractivity contribution in [3.05, 3.63) is 54.1 Å². The molecule has 7 nitrogen and oxygen atoms in total. The number of hydrogen-bond donors (Lipinski definition) is 2. The highest BCUT2D eigenvalue weighted by Crippen LogP contribution is 2.29. The van der Waals surface area contributed by atoms with Crippen molar-refractivity contribution >= 4 is 28.6 Å². The molecule has 1 saturated carbocycles. The summed E-state index contributed by atoms with van der Waals surface area (Å²) >= 11 is 0. The maximum Gasteiger partial charge on any atom is 0.329 e. The van der Waals surface area contributed by atoms with Crippen LogP contribution in [-0.4, -0.2) is 29.3 Å². The summed E-state index contributed by atoms with van der Waals surface area (Å²) < 4.78 is 21.3. The fourth-order valence-electron chi connectivity index (χ4n) is 2.89. The molecule has 4 rings (SSSR count). The van der Waals surface area contributed by atoms with Crippen LogP contribution in [0.15, 0.2) is 53.4 Å². The van der Waals surface area contributed by atoms with Gasteiger partial charge in [-0.15, -0.1) is 0 Å². The zero-order valence-electron chi connectivity index (χ0n) is 15.2. The highest BCUT2D eigenvalue weighted by atomic mass is 32.2. The van der Waals surface area contributed by atoms with E-state index in [1.165, 1.54) is 17.7 Å². The second kappa shape index (κ2) is 8.12. The number of amides is 3. The summed E-state index contributed by atoms with van der Waals surface area (Å²) in [5.41, 5.74) is 1.49. The van der Waals surface area contributed by atoms with Gasteiger partial charge < -0.3 is 4.74 Å². The summed E-state index contributed by atoms with van der Waals surface area (Å²) in [7, 11) is -1.39. The Morgan fingerprint density at radius 2 is 1.96 bits per heavy atom. The van der Waals surface area contributed by atoms with E-state index in [4.69, 9.17) is 4.74 Å². The van der Waals surface area contributed by atoms with Crippen molar-refractivity contribution in [1.29, 1.82) is 0 Å². The number of carbonyl (C=O) groups is 2. The van der Waals surface area contributed by atoms with Gasteiger partial charge in [-0.3, -0.25) is 15.0 Å². The summed E-state index contributed by atoms with van der Waals surface area (Å²) in [6, 6.07) is 14.1. The highest BCUT2D eigenvalue weighted by Gasteiger charge is 2.27. The molecule has 3 amide bonds. The molecule has 1 saturated heterocycles. The SMILES string of the molecule is O=C1CN(c2cccc(CNS(=O)c3cccc(OCC4CC4)c3)c2)C(=O)N1. The van der Waals surface area contributed by atoms with E-state index in [2.05, 4.69) is 10.0 Å². The molecule has 2 fully saturated rings. The van der Waals surface area contributed by atoms with Crippen molar-refractivity contribution in [2.75, 3.05) is 18.1 Å². The van der Waals surface area contributed by atoms with E-state index < -0.39 is 17.0 Å². The van der Waals surface area contributed by atoms with Crippen molar-refractivity contribution in [2.24, 2.45) is 5.92 Å². The van der Waals surface area contributed by atoms with Crippen LogP contribution in [0.1, 0.15) is 18.4 Å². The number of anilines is 1. The third-order valence-electron chi connectivity index (χ3n) is 4.63. The van der Waals surface area contributed by atoms with E-state index in [9.17, 15) is 13.8 Å². The fraction of sp³-hybridized carbons (Fsp3) is 0.300. The highest BCUT2D eigenvalue weighted by molar-refractivity contribution is 7.83.